The molecule has 23 heavy (non-hydrogen) atoms. The maximum absolute atomic E-state index is 12.5. The number of carbonyl (C=O) groups is 1. The first-order chi connectivity index (χ1) is 10.5. The molecule has 0 fully saturated rings. The minimum atomic E-state index is -4.58. The highest BCUT2D eigenvalue weighted by Gasteiger charge is 2.36. The summed E-state index contributed by atoms with van der Waals surface area (Å²) < 4.78 is 63.4. The van der Waals surface area contributed by atoms with Crippen LogP contribution < -0.4 is 0 Å². The summed E-state index contributed by atoms with van der Waals surface area (Å²) in [7, 11) is -2.47. The molecule has 0 radical (unpaired) electrons. The van der Waals surface area contributed by atoms with Crippen molar-refractivity contribution in [3.05, 3.63) is 12.2 Å². The Labute approximate surface area is 132 Å². The summed E-state index contributed by atoms with van der Waals surface area (Å²) in [6.07, 6.45) is -2.99. The van der Waals surface area contributed by atoms with Crippen molar-refractivity contribution in [1.29, 1.82) is 0 Å². The van der Waals surface area contributed by atoms with Gasteiger partial charge in [-0.3, -0.25) is 4.79 Å². The average Bonchev–Trinajstić information content (AvgIpc) is 2.81. The van der Waals surface area contributed by atoms with Gasteiger partial charge in [-0.1, -0.05) is 6.92 Å². The highest BCUT2D eigenvalue weighted by Crippen LogP contribution is 2.21. The highest BCUT2D eigenvalue weighted by atomic mass is 32.2. The standard InChI is InChI=1S/C12H19F3N4O3S/c1-4-5-19(7-12(13,14)15)10(20)6-23(21,22)9(2)11-17-16-8-18(11)3/h8-9H,4-7H2,1-3H3. The largest absolute Gasteiger partial charge is 0.406 e. The van der Waals surface area contributed by atoms with E-state index < -0.39 is 39.5 Å². The first-order valence-electron chi connectivity index (χ1n) is 6.88. The fraction of sp³-hybridized carbons (Fsp3) is 0.750. The molecule has 0 aromatic carbocycles. The molecule has 1 heterocycles. The van der Waals surface area contributed by atoms with E-state index in [9.17, 15) is 26.4 Å². The number of nitrogens with zero attached hydrogens (tertiary/aromatic N) is 4. The van der Waals surface area contributed by atoms with Gasteiger partial charge in [-0.25, -0.2) is 8.42 Å². The van der Waals surface area contributed by atoms with Crippen LogP contribution in [0.3, 0.4) is 0 Å². The van der Waals surface area contributed by atoms with Gasteiger partial charge < -0.3 is 9.47 Å². The zero-order valence-corrected chi connectivity index (χ0v) is 13.9. The number of aryl methyl sites for hydroxylation is 1. The van der Waals surface area contributed by atoms with Gasteiger partial charge in [-0.2, -0.15) is 13.2 Å². The molecule has 1 aromatic rings. The van der Waals surface area contributed by atoms with E-state index in [4.69, 9.17) is 0 Å². The molecule has 11 heteroatoms. The monoisotopic (exact) mass is 356 g/mol. The molecule has 0 spiro atoms. The molecule has 7 nitrogen and oxygen atoms in total. The fourth-order valence-corrected chi connectivity index (χ4v) is 3.30. The van der Waals surface area contributed by atoms with Crippen LogP contribution in [-0.4, -0.2) is 59.0 Å². The Balaban J connectivity index is 2.89. The maximum atomic E-state index is 12.5. The van der Waals surface area contributed by atoms with Crippen molar-refractivity contribution in [1.82, 2.24) is 19.7 Å². The van der Waals surface area contributed by atoms with Gasteiger partial charge in [-0.15, -0.1) is 10.2 Å². The molecule has 0 aliphatic heterocycles. The van der Waals surface area contributed by atoms with E-state index >= 15 is 0 Å². The molecule has 132 valence electrons. The Morgan fingerprint density at radius 1 is 1.43 bits per heavy atom. The van der Waals surface area contributed by atoms with E-state index in [1.807, 2.05) is 0 Å². The number of alkyl halides is 3. The predicted octanol–water partition coefficient (Wildman–Crippen LogP) is 1.09. The second-order valence-corrected chi connectivity index (χ2v) is 7.50. The predicted molar refractivity (Wildman–Crippen MR) is 76.1 cm³/mol. The lowest BCUT2D eigenvalue weighted by Crippen LogP contribution is -2.42. The minimum Gasteiger partial charge on any atom is -0.333 e. The number of rotatable bonds is 7. The Bertz CT molecular complexity index is 642. The van der Waals surface area contributed by atoms with Gasteiger partial charge in [0.1, 0.15) is 23.9 Å². The third kappa shape index (κ3) is 5.48. The van der Waals surface area contributed by atoms with E-state index in [-0.39, 0.29) is 12.4 Å². The summed E-state index contributed by atoms with van der Waals surface area (Å²) in [4.78, 5) is 12.5. The Hall–Kier alpha value is -1.65. The topological polar surface area (TPSA) is 85.2 Å². The Morgan fingerprint density at radius 2 is 2.04 bits per heavy atom. The molecule has 0 aliphatic carbocycles. The van der Waals surface area contributed by atoms with Gasteiger partial charge in [0.25, 0.3) is 0 Å². The first kappa shape index (κ1) is 19.4. The van der Waals surface area contributed by atoms with Gasteiger partial charge >= 0.3 is 6.18 Å². The van der Waals surface area contributed by atoms with Gasteiger partial charge in [0.05, 0.1) is 0 Å². The van der Waals surface area contributed by atoms with Crippen molar-refractivity contribution < 1.29 is 26.4 Å². The lowest BCUT2D eigenvalue weighted by atomic mass is 10.4. The summed E-state index contributed by atoms with van der Waals surface area (Å²) in [6, 6.07) is 0. The van der Waals surface area contributed by atoms with E-state index in [1.54, 1.807) is 6.92 Å². The molecule has 0 N–H and O–H groups in total. The zero-order chi connectivity index (χ0) is 17.8. The van der Waals surface area contributed by atoms with Crippen LogP contribution in [0, 0.1) is 0 Å². The molecular formula is C12H19F3N4O3S. The van der Waals surface area contributed by atoms with Crippen LogP contribution in [0.1, 0.15) is 31.3 Å². The van der Waals surface area contributed by atoms with Crippen LogP contribution >= 0.6 is 0 Å². The van der Waals surface area contributed by atoms with Crippen molar-refractivity contribution >= 4 is 15.7 Å². The van der Waals surface area contributed by atoms with Crippen LogP contribution in [0.4, 0.5) is 13.2 Å². The number of halogens is 3. The zero-order valence-electron chi connectivity index (χ0n) is 13.0. The van der Waals surface area contributed by atoms with Crippen molar-refractivity contribution in [2.24, 2.45) is 7.05 Å². The van der Waals surface area contributed by atoms with Crippen LogP contribution in [0.25, 0.3) is 0 Å². The minimum absolute atomic E-state index is 0.121. The van der Waals surface area contributed by atoms with Crippen LogP contribution in [0.5, 0.6) is 0 Å². The number of aromatic nitrogens is 3. The maximum Gasteiger partial charge on any atom is 0.406 e. The molecular weight excluding hydrogens is 337 g/mol. The Kier molecular flexibility index (Phi) is 6.14. The number of hydrogen-bond acceptors (Lipinski definition) is 5. The first-order valence-corrected chi connectivity index (χ1v) is 8.59. The molecule has 0 saturated carbocycles. The normalized spacial score (nSPS) is 13.8. The van der Waals surface area contributed by atoms with Crippen LogP contribution in [0.15, 0.2) is 6.33 Å². The quantitative estimate of drug-likeness (QED) is 0.730. The molecule has 1 unspecified atom stereocenters. The molecule has 1 rings (SSSR count). The lowest BCUT2D eigenvalue weighted by Gasteiger charge is -2.24. The number of hydrogen-bond donors (Lipinski definition) is 0. The highest BCUT2D eigenvalue weighted by molar-refractivity contribution is 7.92. The fourth-order valence-electron chi connectivity index (χ4n) is 1.99. The molecule has 1 amide bonds. The van der Waals surface area contributed by atoms with Crippen molar-refractivity contribution in [2.45, 2.75) is 31.7 Å². The molecule has 0 aliphatic rings. The van der Waals surface area contributed by atoms with Crippen LogP contribution in [0.2, 0.25) is 0 Å². The molecule has 0 bridgehead atoms. The number of sulfone groups is 1. The van der Waals surface area contributed by atoms with E-state index in [0.717, 1.165) is 0 Å². The van der Waals surface area contributed by atoms with Crippen LogP contribution in [-0.2, 0) is 21.7 Å². The molecule has 0 saturated heterocycles. The van der Waals surface area contributed by atoms with Gasteiger partial charge in [0.15, 0.2) is 15.7 Å². The Morgan fingerprint density at radius 3 is 2.48 bits per heavy atom. The second kappa shape index (κ2) is 7.28. The SMILES string of the molecule is CCCN(CC(F)(F)F)C(=O)CS(=O)(=O)C(C)c1nncn1C. The molecule has 1 aromatic heterocycles. The van der Waals surface area contributed by atoms with Gasteiger partial charge in [-0.05, 0) is 13.3 Å². The molecule has 1 atom stereocenters. The van der Waals surface area contributed by atoms with Crippen molar-refractivity contribution in [2.75, 3.05) is 18.8 Å². The third-order valence-corrected chi connectivity index (χ3v) is 5.13. The third-order valence-electron chi connectivity index (χ3n) is 3.19. The van der Waals surface area contributed by atoms with Gasteiger partial charge in [0, 0.05) is 13.6 Å². The second-order valence-electron chi connectivity index (χ2n) is 5.18. The summed E-state index contributed by atoms with van der Waals surface area (Å²) in [5.41, 5.74) is 0. The summed E-state index contributed by atoms with van der Waals surface area (Å²) in [5, 5.41) is 6.07. The lowest BCUT2D eigenvalue weighted by molar-refractivity contribution is -0.159. The van der Waals surface area contributed by atoms with E-state index in [1.165, 1.54) is 24.9 Å². The summed E-state index contributed by atoms with van der Waals surface area (Å²) in [6.45, 7) is 1.30. The van der Waals surface area contributed by atoms with E-state index in [0.29, 0.717) is 11.3 Å². The average molecular weight is 356 g/mol. The van der Waals surface area contributed by atoms with Crippen molar-refractivity contribution in [3.8, 4) is 0 Å². The smallest absolute Gasteiger partial charge is 0.333 e. The van der Waals surface area contributed by atoms with E-state index in [2.05, 4.69) is 10.2 Å². The van der Waals surface area contributed by atoms with Gasteiger partial charge in [0.2, 0.25) is 5.91 Å². The summed E-state index contributed by atoms with van der Waals surface area (Å²) >= 11 is 0. The van der Waals surface area contributed by atoms with Crippen molar-refractivity contribution in [3.63, 3.8) is 0 Å². The summed E-state index contributed by atoms with van der Waals surface area (Å²) in [5.74, 6) is -1.95. The number of amides is 1. The number of carbonyl (C=O) groups excluding carboxylic acids is 1.